The molecule has 1 saturated carbocycles. The molecule has 1 fully saturated rings. The molecule has 1 aliphatic carbocycles. The average molecular weight is 226 g/mol. The van der Waals surface area contributed by atoms with Gasteiger partial charge in [0.2, 0.25) is 0 Å². The minimum absolute atomic E-state index is 0.235. The monoisotopic (exact) mass is 226 g/mol. The highest BCUT2D eigenvalue weighted by atomic mass is 15.0. The summed E-state index contributed by atoms with van der Waals surface area (Å²) in [7, 11) is 2.08. The summed E-state index contributed by atoms with van der Waals surface area (Å²) in [6, 6.07) is 0. The minimum atomic E-state index is 0.235. The molecule has 2 heteroatoms. The van der Waals surface area contributed by atoms with Gasteiger partial charge >= 0.3 is 0 Å². The summed E-state index contributed by atoms with van der Waals surface area (Å²) in [5.74, 6) is 0. The summed E-state index contributed by atoms with van der Waals surface area (Å²) in [6.45, 7) is 0.795. The van der Waals surface area contributed by atoms with Crippen molar-refractivity contribution in [3.63, 3.8) is 0 Å². The van der Waals surface area contributed by atoms with Crippen LogP contribution in [0.1, 0.15) is 70.6 Å². The summed E-state index contributed by atoms with van der Waals surface area (Å²) in [5.41, 5.74) is 6.20. The van der Waals surface area contributed by atoms with E-state index in [4.69, 9.17) is 5.73 Å². The normalized spacial score (nSPS) is 24.4. The molecule has 0 aromatic rings. The predicted molar refractivity (Wildman–Crippen MR) is 71.6 cm³/mol. The molecule has 3 N–H and O–H groups in total. The van der Waals surface area contributed by atoms with Crippen LogP contribution in [-0.4, -0.2) is 19.1 Å². The Morgan fingerprint density at radius 3 is 1.50 bits per heavy atom. The predicted octanol–water partition coefficient (Wildman–Crippen LogP) is 3.21. The average Bonchev–Trinajstić information content (AvgIpc) is 2.31. The Balaban J connectivity index is 2.41. The van der Waals surface area contributed by atoms with Gasteiger partial charge in [0.25, 0.3) is 0 Å². The number of likely N-dealkylation sites (N-methyl/N-ethyl adjacent to an activating group) is 1. The molecule has 0 radical (unpaired) electrons. The molecule has 0 amide bonds. The van der Waals surface area contributed by atoms with E-state index in [2.05, 4.69) is 12.4 Å². The van der Waals surface area contributed by atoms with Gasteiger partial charge in [-0.1, -0.05) is 57.8 Å². The maximum Gasteiger partial charge on any atom is 0.0301 e. The van der Waals surface area contributed by atoms with E-state index in [1.165, 1.54) is 70.6 Å². The summed E-state index contributed by atoms with van der Waals surface area (Å²) in [4.78, 5) is 0. The molecule has 0 bridgehead atoms. The topological polar surface area (TPSA) is 38.0 Å². The maximum atomic E-state index is 5.97. The lowest BCUT2D eigenvalue weighted by atomic mass is 9.86. The van der Waals surface area contributed by atoms with Crippen molar-refractivity contribution in [2.45, 2.75) is 76.2 Å². The van der Waals surface area contributed by atoms with Crippen molar-refractivity contribution in [3.8, 4) is 0 Å². The number of hydrogen-bond donors (Lipinski definition) is 2. The van der Waals surface area contributed by atoms with E-state index >= 15 is 0 Å². The zero-order chi connectivity index (χ0) is 11.7. The molecule has 16 heavy (non-hydrogen) atoms. The first kappa shape index (κ1) is 14.0. The molecule has 0 aromatic heterocycles. The summed E-state index contributed by atoms with van der Waals surface area (Å²) in [5, 5.41) is 3.49. The van der Waals surface area contributed by atoms with Crippen LogP contribution in [0.3, 0.4) is 0 Å². The molecular formula is C14H30N2. The largest absolute Gasteiger partial charge is 0.329 e. The summed E-state index contributed by atoms with van der Waals surface area (Å²) in [6.07, 6.45) is 15.2. The number of nitrogens with two attached hydrogens (primary N) is 1. The molecule has 96 valence electrons. The zero-order valence-electron chi connectivity index (χ0n) is 11.1. The van der Waals surface area contributed by atoms with E-state index in [-0.39, 0.29) is 5.54 Å². The lowest BCUT2D eigenvalue weighted by Crippen LogP contribution is -2.49. The number of nitrogens with one attached hydrogen (secondary N) is 1. The van der Waals surface area contributed by atoms with Crippen LogP contribution in [0, 0.1) is 0 Å². The molecule has 0 aromatic carbocycles. The lowest BCUT2D eigenvalue weighted by Gasteiger charge is -2.33. The van der Waals surface area contributed by atoms with E-state index in [9.17, 15) is 0 Å². The quantitative estimate of drug-likeness (QED) is 0.759. The van der Waals surface area contributed by atoms with Crippen LogP contribution in [0.5, 0.6) is 0 Å². The molecule has 0 saturated heterocycles. The van der Waals surface area contributed by atoms with Crippen LogP contribution in [0.4, 0.5) is 0 Å². The van der Waals surface area contributed by atoms with Crippen LogP contribution in [0.2, 0.25) is 0 Å². The molecule has 0 unspecified atom stereocenters. The highest BCUT2D eigenvalue weighted by Gasteiger charge is 2.25. The van der Waals surface area contributed by atoms with E-state index < -0.39 is 0 Å². The Bertz CT molecular complexity index is 150. The third kappa shape index (κ3) is 4.84. The number of rotatable bonds is 2. The fourth-order valence-corrected chi connectivity index (χ4v) is 2.85. The van der Waals surface area contributed by atoms with E-state index in [1.54, 1.807) is 0 Å². The van der Waals surface area contributed by atoms with E-state index in [0.717, 1.165) is 6.54 Å². The SMILES string of the molecule is CNC1(CN)CCCCCCCCCCC1. The van der Waals surface area contributed by atoms with Gasteiger partial charge in [-0.2, -0.15) is 0 Å². The second kappa shape index (κ2) is 8.08. The van der Waals surface area contributed by atoms with Crippen molar-refractivity contribution in [2.75, 3.05) is 13.6 Å². The Labute approximate surface area is 101 Å². The molecule has 0 aliphatic heterocycles. The Hall–Kier alpha value is -0.0800. The lowest BCUT2D eigenvalue weighted by molar-refractivity contribution is 0.285. The molecule has 0 heterocycles. The van der Waals surface area contributed by atoms with Crippen LogP contribution in [-0.2, 0) is 0 Å². The first-order valence-electron chi connectivity index (χ1n) is 7.22. The third-order valence-corrected chi connectivity index (χ3v) is 4.23. The zero-order valence-corrected chi connectivity index (χ0v) is 11.1. The summed E-state index contributed by atoms with van der Waals surface area (Å²) >= 11 is 0. The summed E-state index contributed by atoms with van der Waals surface area (Å²) < 4.78 is 0. The second-order valence-corrected chi connectivity index (χ2v) is 5.42. The fraction of sp³-hybridized carbons (Fsp3) is 1.00. The van der Waals surface area contributed by atoms with Gasteiger partial charge in [0.05, 0.1) is 0 Å². The van der Waals surface area contributed by atoms with Gasteiger partial charge in [-0.3, -0.25) is 0 Å². The Morgan fingerprint density at radius 2 is 1.19 bits per heavy atom. The van der Waals surface area contributed by atoms with Crippen molar-refractivity contribution in [1.82, 2.24) is 5.32 Å². The van der Waals surface area contributed by atoms with Gasteiger partial charge in [0.15, 0.2) is 0 Å². The van der Waals surface area contributed by atoms with Gasteiger partial charge in [-0.25, -0.2) is 0 Å². The standard InChI is InChI=1S/C14H30N2/c1-16-14(13-15)11-9-7-5-3-2-4-6-8-10-12-14/h16H,2-13,15H2,1H3. The van der Waals surface area contributed by atoms with Gasteiger partial charge in [-0.15, -0.1) is 0 Å². The Kier molecular flexibility index (Phi) is 7.06. The minimum Gasteiger partial charge on any atom is -0.329 e. The Morgan fingerprint density at radius 1 is 0.812 bits per heavy atom. The molecule has 0 atom stereocenters. The second-order valence-electron chi connectivity index (χ2n) is 5.42. The highest BCUT2D eigenvalue weighted by Crippen LogP contribution is 2.23. The van der Waals surface area contributed by atoms with Crippen LogP contribution < -0.4 is 11.1 Å². The van der Waals surface area contributed by atoms with E-state index in [0.29, 0.717) is 0 Å². The molecule has 2 nitrogen and oxygen atoms in total. The molecule has 0 spiro atoms. The van der Waals surface area contributed by atoms with Crippen LogP contribution >= 0.6 is 0 Å². The third-order valence-electron chi connectivity index (χ3n) is 4.23. The van der Waals surface area contributed by atoms with Crippen molar-refractivity contribution >= 4 is 0 Å². The van der Waals surface area contributed by atoms with Crippen LogP contribution in [0.15, 0.2) is 0 Å². The first-order valence-corrected chi connectivity index (χ1v) is 7.22. The van der Waals surface area contributed by atoms with Gasteiger partial charge in [0, 0.05) is 12.1 Å². The van der Waals surface area contributed by atoms with Crippen molar-refractivity contribution in [1.29, 1.82) is 0 Å². The van der Waals surface area contributed by atoms with Gasteiger partial charge in [0.1, 0.15) is 0 Å². The first-order chi connectivity index (χ1) is 7.83. The van der Waals surface area contributed by atoms with Crippen molar-refractivity contribution < 1.29 is 0 Å². The maximum absolute atomic E-state index is 5.97. The number of hydrogen-bond acceptors (Lipinski definition) is 2. The fourth-order valence-electron chi connectivity index (χ4n) is 2.85. The van der Waals surface area contributed by atoms with E-state index in [1.807, 2.05) is 0 Å². The highest BCUT2D eigenvalue weighted by molar-refractivity contribution is 4.87. The molecule has 1 aliphatic rings. The van der Waals surface area contributed by atoms with Gasteiger partial charge in [-0.05, 0) is 19.9 Å². The van der Waals surface area contributed by atoms with Gasteiger partial charge < -0.3 is 11.1 Å². The molecular weight excluding hydrogens is 196 g/mol. The van der Waals surface area contributed by atoms with Crippen molar-refractivity contribution in [3.05, 3.63) is 0 Å². The van der Waals surface area contributed by atoms with Crippen LogP contribution in [0.25, 0.3) is 0 Å². The van der Waals surface area contributed by atoms with Crippen molar-refractivity contribution in [2.24, 2.45) is 5.73 Å². The molecule has 1 rings (SSSR count). The smallest absolute Gasteiger partial charge is 0.0301 e.